The summed E-state index contributed by atoms with van der Waals surface area (Å²) in [4.78, 5) is 20.8. The van der Waals surface area contributed by atoms with Crippen LogP contribution in [0, 0.1) is 0 Å². The van der Waals surface area contributed by atoms with Gasteiger partial charge in [0.25, 0.3) is 0 Å². The Morgan fingerprint density at radius 3 is 2.87 bits per heavy atom. The van der Waals surface area contributed by atoms with Gasteiger partial charge in [-0.1, -0.05) is 5.21 Å². The summed E-state index contributed by atoms with van der Waals surface area (Å²) in [5.74, 6) is -1.56. The van der Waals surface area contributed by atoms with Crippen molar-refractivity contribution in [1.29, 1.82) is 0 Å². The highest BCUT2D eigenvalue weighted by atomic mass is 16.4. The molecule has 0 bridgehead atoms. The number of nitrogens with zero attached hydrogens (tertiary/aromatic N) is 3. The Labute approximate surface area is 85.1 Å². The van der Waals surface area contributed by atoms with Gasteiger partial charge in [0.15, 0.2) is 5.69 Å². The van der Waals surface area contributed by atoms with Crippen LogP contribution in [-0.2, 0) is 11.3 Å². The molecule has 1 aromatic heterocycles. The number of carboxylic acid groups (broad SMARTS) is 1. The van der Waals surface area contributed by atoms with Gasteiger partial charge < -0.3 is 16.2 Å². The lowest BCUT2D eigenvalue weighted by Crippen LogP contribution is -2.30. The number of carbonyl (C=O) groups excluding carboxylic acids is 1. The van der Waals surface area contributed by atoms with E-state index in [1.807, 2.05) is 0 Å². The van der Waals surface area contributed by atoms with E-state index >= 15 is 0 Å². The molecule has 0 spiro atoms. The van der Waals surface area contributed by atoms with E-state index in [2.05, 4.69) is 15.6 Å². The summed E-state index contributed by atoms with van der Waals surface area (Å²) in [6, 6.07) is 0. The molecule has 1 amide bonds. The van der Waals surface area contributed by atoms with Crippen LogP contribution in [0.4, 0.5) is 0 Å². The van der Waals surface area contributed by atoms with Gasteiger partial charge >= 0.3 is 5.97 Å². The van der Waals surface area contributed by atoms with Crippen LogP contribution in [-0.4, -0.2) is 45.1 Å². The minimum absolute atomic E-state index is 0.0838. The molecule has 0 saturated carbocycles. The summed E-state index contributed by atoms with van der Waals surface area (Å²) in [5, 5.41) is 18.3. The standard InChI is InChI=1S/C7H11N5O3/c8-6(13)3-9-1-2-12-4-5(7(14)15)10-11-12/h4,9H,1-3H2,(H2,8,13)(H,14,15). The lowest BCUT2D eigenvalue weighted by atomic mass is 10.5. The largest absolute Gasteiger partial charge is 0.476 e. The van der Waals surface area contributed by atoms with Crippen molar-refractivity contribution in [1.82, 2.24) is 20.3 Å². The Hall–Kier alpha value is -1.96. The molecular formula is C7H11N5O3. The smallest absolute Gasteiger partial charge is 0.358 e. The van der Waals surface area contributed by atoms with E-state index in [1.165, 1.54) is 10.9 Å². The minimum Gasteiger partial charge on any atom is -0.476 e. The van der Waals surface area contributed by atoms with Crippen LogP contribution in [0.3, 0.4) is 0 Å². The Bertz CT molecular complexity index is 361. The summed E-state index contributed by atoms with van der Waals surface area (Å²) in [7, 11) is 0. The number of amides is 1. The van der Waals surface area contributed by atoms with E-state index in [-0.39, 0.29) is 12.2 Å². The lowest BCUT2D eigenvalue weighted by molar-refractivity contribution is -0.117. The van der Waals surface area contributed by atoms with Crippen LogP contribution in [0.5, 0.6) is 0 Å². The van der Waals surface area contributed by atoms with Crippen molar-refractivity contribution in [3.63, 3.8) is 0 Å². The molecular weight excluding hydrogens is 202 g/mol. The number of hydrogen-bond donors (Lipinski definition) is 3. The summed E-state index contributed by atoms with van der Waals surface area (Å²) >= 11 is 0. The maximum Gasteiger partial charge on any atom is 0.358 e. The van der Waals surface area contributed by atoms with Crippen molar-refractivity contribution in [2.45, 2.75) is 6.54 Å². The molecule has 15 heavy (non-hydrogen) atoms. The zero-order valence-electron chi connectivity index (χ0n) is 7.88. The van der Waals surface area contributed by atoms with Crippen LogP contribution in [0.15, 0.2) is 6.20 Å². The number of carboxylic acids is 1. The Morgan fingerprint density at radius 2 is 2.33 bits per heavy atom. The fourth-order valence-electron chi connectivity index (χ4n) is 0.911. The normalized spacial score (nSPS) is 10.1. The second-order valence-corrected chi connectivity index (χ2v) is 2.82. The minimum atomic E-state index is -1.12. The van der Waals surface area contributed by atoms with E-state index < -0.39 is 11.9 Å². The predicted molar refractivity (Wildman–Crippen MR) is 49.0 cm³/mol. The molecule has 82 valence electrons. The van der Waals surface area contributed by atoms with Gasteiger partial charge in [-0.3, -0.25) is 9.48 Å². The SMILES string of the molecule is NC(=O)CNCCn1cc(C(=O)O)nn1. The first-order valence-electron chi connectivity index (χ1n) is 4.22. The van der Waals surface area contributed by atoms with Crippen molar-refractivity contribution >= 4 is 11.9 Å². The lowest BCUT2D eigenvalue weighted by Gasteiger charge is -2.00. The van der Waals surface area contributed by atoms with Crippen LogP contribution in [0.25, 0.3) is 0 Å². The van der Waals surface area contributed by atoms with Crippen molar-refractivity contribution in [3.8, 4) is 0 Å². The predicted octanol–water partition coefficient (Wildman–Crippen LogP) is -1.95. The highest BCUT2D eigenvalue weighted by Crippen LogP contribution is 1.91. The third-order valence-corrected chi connectivity index (χ3v) is 1.57. The molecule has 4 N–H and O–H groups in total. The van der Waals surface area contributed by atoms with E-state index in [0.29, 0.717) is 13.1 Å². The topological polar surface area (TPSA) is 123 Å². The second kappa shape index (κ2) is 5.05. The molecule has 0 atom stereocenters. The Balaban J connectivity index is 2.31. The van der Waals surface area contributed by atoms with Crippen LogP contribution >= 0.6 is 0 Å². The molecule has 0 unspecified atom stereocenters. The number of rotatable bonds is 6. The van der Waals surface area contributed by atoms with Gasteiger partial charge in [-0.25, -0.2) is 4.79 Å². The molecule has 8 heteroatoms. The van der Waals surface area contributed by atoms with Crippen molar-refractivity contribution in [2.75, 3.05) is 13.1 Å². The second-order valence-electron chi connectivity index (χ2n) is 2.82. The van der Waals surface area contributed by atoms with E-state index in [9.17, 15) is 9.59 Å². The number of aromatic carboxylic acids is 1. The summed E-state index contributed by atoms with van der Waals surface area (Å²) in [6.45, 7) is 0.972. The van der Waals surface area contributed by atoms with Gasteiger partial charge in [-0.2, -0.15) is 0 Å². The number of hydrogen-bond acceptors (Lipinski definition) is 5. The van der Waals surface area contributed by atoms with Gasteiger partial charge in [-0.05, 0) is 0 Å². The average molecular weight is 213 g/mol. The molecule has 0 aliphatic heterocycles. The number of carbonyl (C=O) groups is 2. The molecule has 0 aliphatic carbocycles. The molecule has 1 aromatic rings. The van der Waals surface area contributed by atoms with Crippen LogP contribution in [0.2, 0.25) is 0 Å². The van der Waals surface area contributed by atoms with Crippen LogP contribution in [0.1, 0.15) is 10.5 Å². The zero-order chi connectivity index (χ0) is 11.3. The molecule has 0 aliphatic rings. The molecule has 1 rings (SSSR count). The first-order valence-corrected chi connectivity index (χ1v) is 4.22. The maximum atomic E-state index is 10.4. The van der Waals surface area contributed by atoms with Crippen molar-refractivity contribution in [2.24, 2.45) is 5.73 Å². The van der Waals surface area contributed by atoms with Gasteiger partial charge in [-0.15, -0.1) is 5.10 Å². The quantitative estimate of drug-likeness (QED) is 0.472. The summed E-state index contributed by atoms with van der Waals surface area (Å²) in [5.41, 5.74) is 4.80. The van der Waals surface area contributed by atoms with E-state index in [4.69, 9.17) is 10.8 Å². The number of nitrogens with two attached hydrogens (primary N) is 1. The molecule has 0 fully saturated rings. The number of aromatic nitrogens is 3. The Kier molecular flexibility index (Phi) is 3.75. The third kappa shape index (κ3) is 3.73. The molecule has 8 nitrogen and oxygen atoms in total. The monoisotopic (exact) mass is 213 g/mol. The van der Waals surface area contributed by atoms with Crippen molar-refractivity contribution < 1.29 is 14.7 Å². The zero-order valence-corrected chi connectivity index (χ0v) is 7.88. The third-order valence-electron chi connectivity index (χ3n) is 1.57. The Morgan fingerprint density at radius 1 is 1.60 bits per heavy atom. The van der Waals surface area contributed by atoms with E-state index in [1.54, 1.807) is 0 Å². The highest BCUT2D eigenvalue weighted by molar-refractivity contribution is 5.84. The summed E-state index contributed by atoms with van der Waals surface area (Å²) in [6.07, 6.45) is 1.31. The van der Waals surface area contributed by atoms with Gasteiger partial charge in [0, 0.05) is 6.54 Å². The fourth-order valence-corrected chi connectivity index (χ4v) is 0.911. The average Bonchev–Trinajstić information content (AvgIpc) is 2.60. The molecule has 0 radical (unpaired) electrons. The maximum absolute atomic E-state index is 10.4. The summed E-state index contributed by atoms with van der Waals surface area (Å²) < 4.78 is 1.37. The molecule has 1 heterocycles. The first-order chi connectivity index (χ1) is 7.09. The van der Waals surface area contributed by atoms with Gasteiger partial charge in [0.2, 0.25) is 5.91 Å². The van der Waals surface area contributed by atoms with Gasteiger partial charge in [0.05, 0.1) is 19.3 Å². The number of nitrogens with one attached hydrogen (secondary N) is 1. The fraction of sp³-hybridized carbons (Fsp3) is 0.429. The van der Waals surface area contributed by atoms with Gasteiger partial charge in [0.1, 0.15) is 0 Å². The number of primary amides is 1. The van der Waals surface area contributed by atoms with Crippen LogP contribution < -0.4 is 11.1 Å². The first kappa shape index (κ1) is 11.1. The molecule has 0 aromatic carbocycles. The van der Waals surface area contributed by atoms with Crippen molar-refractivity contribution in [3.05, 3.63) is 11.9 Å². The van der Waals surface area contributed by atoms with E-state index in [0.717, 1.165) is 0 Å². The highest BCUT2D eigenvalue weighted by Gasteiger charge is 2.07. The molecule has 0 saturated heterocycles.